The first-order valence-electron chi connectivity index (χ1n) is 12.6. The molecule has 0 spiro atoms. The molecule has 0 amide bonds. The van der Waals surface area contributed by atoms with Crippen LogP contribution in [-0.4, -0.2) is 12.6 Å². The van der Waals surface area contributed by atoms with Crippen molar-refractivity contribution in [1.29, 1.82) is 0 Å². The zero-order valence-corrected chi connectivity index (χ0v) is 22.0. The number of esters is 1. The van der Waals surface area contributed by atoms with Crippen molar-refractivity contribution in [2.45, 2.75) is 91.9 Å². The summed E-state index contributed by atoms with van der Waals surface area (Å²) in [6.07, 6.45) is 6.79. The Bertz CT molecular complexity index is 1020. The first kappa shape index (κ1) is 25.3. The van der Waals surface area contributed by atoms with E-state index in [0.29, 0.717) is 18.1 Å². The van der Waals surface area contributed by atoms with Crippen molar-refractivity contribution < 1.29 is 9.53 Å². The number of carbonyl (C=O) groups excluding carboxylic acids is 1. The fourth-order valence-corrected chi connectivity index (χ4v) is 5.07. The molecule has 1 aliphatic rings. The van der Waals surface area contributed by atoms with Crippen LogP contribution in [0.1, 0.15) is 113 Å². The lowest BCUT2D eigenvalue weighted by Crippen LogP contribution is -2.34. The molecule has 2 nitrogen and oxygen atoms in total. The zero-order valence-electron chi connectivity index (χ0n) is 22.0. The number of allylic oxidation sites excluding steroid dienone is 1. The monoisotopic (exact) mass is 446 g/mol. The molecule has 2 heteroatoms. The van der Waals surface area contributed by atoms with Gasteiger partial charge in [0.15, 0.2) is 0 Å². The minimum Gasteiger partial charge on any atom is -0.462 e. The molecule has 178 valence electrons. The zero-order chi connectivity index (χ0) is 24.4. The summed E-state index contributed by atoms with van der Waals surface area (Å²) in [4.78, 5) is 12.0. The third kappa shape index (κ3) is 5.60. The molecule has 3 rings (SSSR count). The quantitative estimate of drug-likeness (QED) is 0.315. The largest absolute Gasteiger partial charge is 0.462 e. The van der Waals surface area contributed by atoms with Crippen molar-refractivity contribution in [2.24, 2.45) is 5.92 Å². The van der Waals surface area contributed by atoms with Crippen LogP contribution in [0.15, 0.2) is 36.4 Å². The molecule has 0 aromatic heterocycles. The molecule has 2 aromatic rings. The van der Waals surface area contributed by atoms with E-state index in [2.05, 4.69) is 66.7 Å². The summed E-state index contributed by atoms with van der Waals surface area (Å²) in [6.45, 7) is 18.7. The van der Waals surface area contributed by atoms with Gasteiger partial charge in [0.2, 0.25) is 0 Å². The molecule has 0 saturated heterocycles. The predicted octanol–water partition coefficient (Wildman–Crippen LogP) is 8.36. The van der Waals surface area contributed by atoms with Crippen LogP contribution in [0.5, 0.6) is 0 Å². The van der Waals surface area contributed by atoms with E-state index in [1.807, 2.05) is 31.2 Å². The Labute approximate surface area is 201 Å². The van der Waals surface area contributed by atoms with Gasteiger partial charge in [0.25, 0.3) is 0 Å². The van der Waals surface area contributed by atoms with Gasteiger partial charge in [-0.15, -0.1) is 0 Å². The summed E-state index contributed by atoms with van der Waals surface area (Å²) >= 11 is 0. The highest BCUT2D eigenvalue weighted by Gasteiger charge is 2.37. The maximum absolute atomic E-state index is 12.0. The SMILES string of the molecule is CCOC(=O)c1ccc(/C=C(\CC)c2cc3c(cc2CC(C)C)C(C)(C)CCC3(C)C)cc1. The average Bonchev–Trinajstić information content (AvgIpc) is 2.75. The highest BCUT2D eigenvalue weighted by Crippen LogP contribution is 2.47. The molecule has 0 bridgehead atoms. The van der Waals surface area contributed by atoms with Crippen LogP contribution in [-0.2, 0) is 22.0 Å². The van der Waals surface area contributed by atoms with Gasteiger partial charge in [-0.25, -0.2) is 4.79 Å². The molecule has 0 fully saturated rings. The smallest absolute Gasteiger partial charge is 0.338 e. The normalized spacial score (nSPS) is 17.1. The van der Waals surface area contributed by atoms with Gasteiger partial charge in [-0.3, -0.25) is 0 Å². The summed E-state index contributed by atoms with van der Waals surface area (Å²) in [5.41, 5.74) is 9.39. The lowest BCUT2D eigenvalue weighted by Gasteiger charge is -2.42. The van der Waals surface area contributed by atoms with Crippen molar-refractivity contribution in [2.75, 3.05) is 6.61 Å². The Kier molecular flexibility index (Phi) is 7.56. The molecule has 0 unspecified atom stereocenters. The molecule has 33 heavy (non-hydrogen) atoms. The fourth-order valence-electron chi connectivity index (χ4n) is 5.07. The molecule has 1 aliphatic carbocycles. The molecular formula is C31H42O2. The maximum atomic E-state index is 12.0. The Morgan fingerprint density at radius 1 is 0.970 bits per heavy atom. The Morgan fingerprint density at radius 3 is 2.06 bits per heavy atom. The first-order chi connectivity index (χ1) is 15.5. The van der Waals surface area contributed by atoms with Crippen molar-refractivity contribution in [3.05, 3.63) is 69.8 Å². The third-order valence-electron chi connectivity index (χ3n) is 7.19. The summed E-state index contributed by atoms with van der Waals surface area (Å²) < 4.78 is 5.13. The van der Waals surface area contributed by atoms with E-state index in [4.69, 9.17) is 4.74 Å². The van der Waals surface area contributed by atoms with Crippen LogP contribution in [0.4, 0.5) is 0 Å². The second-order valence-corrected chi connectivity index (χ2v) is 11.3. The van der Waals surface area contributed by atoms with E-state index in [1.165, 1.54) is 40.7 Å². The van der Waals surface area contributed by atoms with E-state index >= 15 is 0 Å². The van der Waals surface area contributed by atoms with E-state index in [1.54, 1.807) is 0 Å². The summed E-state index contributed by atoms with van der Waals surface area (Å²) in [5, 5.41) is 0. The minimum absolute atomic E-state index is 0.191. The standard InChI is InChI=1S/C31H42O2/c1-9-23(18-22-11-13-24(14-12-22)29(32)33-10-2)26-20-28-27(19-25(26)17-21(3)4)30(5,6)15-16-31(28,7)8/h11-14,18-21H,9-10,15-17H2,1-8H3/b23-18+. The van der Waals surface area contributed by atoms with E-state index in [0.717, 1.165) is 18.4 Å². The topological polar surface area (TPSA) is 26.3 Å². The minimum atomic E-state index is -0.262. The molecule has 0 heterocycles. The van der Waals surface area contributed by atoms with Gasteiger partial charge in [-0.05, 0) is 94.9 Å². The van der Waals surface area contributed by atoms with Gasteiger partial charge in [0, 0.05) is 0 Å². The van der Waals surface area contributed by atoms with Crippen molar-refractivity contribution in [3.63, 3.8) is 0 Å². The number of hydrogen-bond donors (Lipinski definition) is 0. The lowest BCUT2D eigenvalue weighted by molar-refractivity contribution is 0.0526. The second-order valence-electron chi connectivity index (χ2n) is 11.3. The highest BCUT2D eigenvalue weighted by atomic mass is 16.5. The van der Waals surface area contributed by atoms with Gasteiger partial charge >= 0.3 is 5.97 Å². The van der Waals surface area contributed by atoms with E-state index in [9.17, 15) is 4.79 Å². The highest BCUT2D eigenvalue weighted by molar-refractivity contribution is 5.90. The van der Waals surface area contributed by atoms with Crippen LogP contribution >= 0.6 is 0 Å². The van der Waals surface area contributed by atoms with Gasteiger partial charge in [-0.1, -0.05) is 78.8 Å². The number of carbonyl (C=O) groups is 1. The number of benzene rings is 2. The van der Waals surface area contributed by atoms with Crippen molar-refractivity contribution >= 4 is 17.6 Å². The average molecular weight is 447 g/mol. The molecule has 0 aliphatic heterocycles. The van der Waals surface area contributed by atoms with Crippen LogP contribution in [0.3, 0.4) is 0 Å². The van der Waals surface area contributed by atoms with Gasteiger partial charge in [-0.2, -0.15) is 0 Å². The number of ether oxygens (including phenoxy) is 1. The molecular weight excluding hydrogens is 404 g/mol. The summed E-state index contributed by atoms with van der Waals surface area (Å²) in [7, 11) is 0. The Balaban J connectivity index is 2.11. The number of hydrogen-bond acceptors (Lipinski definition) is 2. The predicted molar refractivity (Wildman–Crippen MR) is 141 cm³/mol. The summed E-state index contributed by atoms with van der Waals surface area (Å²) in [6, 6.07) is 12.8. The van der Waals surface area contributed by atoms with Gasteiger partial charge < -0.3 is 4.74 Å². The second kappa shape index (κ2) is 9.87. The third-order valence-corrected chi connectivity index (χ3v) is 7.19. The fraction of sp³-hybridized carbons (Fsp3) is 0.516. The van der Waals surface area contributed by atoms with Crippen LogP contribution in [0.2, 0.25) is 0 Å². The maximum Gasteiger partial charge on any atom is 0.338 e. The Morgan fingerprint density at radius 2 is 1.55 bits per heavy atom. The Hall–Kier alpha value is -2.35. The molecule has 0 saturated carbocycles. The van der Waals surface area contributed by atoms with Gasteiger partial charge in [0.1, 0.15) is 0 Å². The molecule has 0 atom stereocenters. The van der Waals surface area contributed by atoms with E-state index < -0.39 is 0 Å². The molecule has 0 N–H and O–H groups in total. The van der Waals surface area contributed by atoms with Gasteiger partial charge in [0.05, 0.1) is 12.2 Å². The van der Waals surface area contributed by atoms with Crippen LogP contribution in [0, 0.1) is 5.92 Å². The van der Waals surface area contributed by atoms with Crippen LogP contribution in [0.25, 0.3) is 11.6 Å². The number of fused-ring (bicyclic) bond motifs is 1. The first-order valence-corrected chi connectivity index (χ1v) is 12.6. The molecule has 2 aromatic carbocycles. The van der Waals surface area contributed by atoms with Crippen LogP contribution < -0.4 is 0 Å². The molecule has 0 radical (unpaired) electrons. The summed E-state index contributed by atoms with van der Waals surface area (Å²) in [5.74, 6) is 0.339. The van der Waals surface area contributed by atoms with Crippen molar-refractivity contribution in [1.82, 2.24) is 0 Å². The van der Waals surface area contributed by atoms with Crippen molar-refractivity contribution in [3.8, 4) is 0 Å². The lowest BCUT2D eigenvalue weighted by atomic mass is 9.62. The number of rotatable bonds is 7. The van der Waals surface area contributed by atoms with E-state index in [-0.39, 0.29) is 16.8 Å².